The maximum absolute atomic E-state index is 14.4. The number of pyridine rings is 1. The first-order valence-electron chi connectivity index (χ1n) is 12.2. The van der Waals surface area contributed by atoms with Gasteiger partial charge < -0.3 is 24.7 Å². The Bertz CT molecular complexity index is 1250. The van der Waals surface area contributed by atoms with Gasteiger partial charge in [-0.15, -0.1) is 0 Å². The van der Waals surface area contributed by atoms with Crippen LogP contribution in [0.4, 0.5) is 16.0 Å². The lowest BCUT2D eigenvalue weighted by Gasteiger charge is -2.51. The maximum atomic E-state index is 14.4. The van der Waals surface area contributed by atoms with Crippen LogP contribution in [0, 0.1) is 24.1 Å². The van der Waals surface area contributed by atoms with E-state index in [4.69, 9.17) is 4.74 Å². The lowest BCUT2D eigenvalue weighted by atomic mass is 9.68. The van der Waals surface area contributed by atoms with Crippen molar-refractivity contribution in [1.82, 2.24) is 24.7 Å². The molecule has 186 valence electrons. The van der Waals surface area contributed by atoms with Crippen LogP contribution in [0.1, 0.15) is 49.7 Å². The fourth-order valence-electron chi connectivity index (χ4n) is 5.22. The Balaban J connectivity index is 1.31. The third kappa shape index (κ3) is 4.54. The van der Waals surface area contributed by atoms with Crippen molar-refractivity contribution in [3.05, 3.63) is 41.7 Å². The van der Waals surface area contributed by atoms with Crippen molar-refractivity contribution in [2.24, 2.45) is 11.3 Å². The first-order chi connectivity index (χ1) is 16.7. The van der Waals surface area contributed by atoms with Crippen LogP contribution in [-0.2, 0) is 0 Å². The van der Waals surface area contributed by atoms with Gasteiger partial charge in [-0.05, 0) is 38.0 Å². The Kier molecular flexibility index (Phi) is 6.08. The third-order valence-electron chi connectivity index (χ3n) is 7.06. The van der Waals surface area contributed by atoms with Crippen molar-refractivity contribution >= 4 is 23.2 Å². The number of ether oxygens (including phenoxy) is 1. The number of aryl methyl sites for hydroxylation is 1. The summed E-state index contributed by atoms with van der Waals surface area (Å²) >= 11 is 0. The monoisotopic (exact) mass is 481 g/mol. The van der Waals surface area contributed by atoms with Crippen molar-refractivity contribution in [3.63, 3.8) is 0 Å². The molecule has 5 heterocycles. The summed E-state index contributed by atoms with van der Waals surface area (Å²) < 4.78 is 21.7. The van der Waals surface area contributed by atoms with Crippen molar-refractivity contribution in [3.8, 4) is 5.88 Å². The van der Waals surface area contributed by atoms with Crippen molar-refractivity contribution in [2.75, 3.05) is 36.5 Å². The van der Waals surface area contributed by atoms with E-state index in [2.05, 4.69) is 44.3 Å². The number of nitrogens with zero attached hydrogens (tertiary/aromatic N) is 5. The normalized spacial score (nSPS) is 20.0. The molecule has 1 unspecified atom stereocenters. The Morgan fingerprint density at radius 1 is 1.29 bits per heavy atom. The van der Waals surface area contributed by atoms with Gasteiger partial charge in [-0.3, -0.25) is 4.79 Å². The van der Waals surface area contributed by atoms with E-state index in [1.54, 1.807) is 23.7 Å². The van der Waals surface area contributed by atoms with Gasteiger partial charge in [0.2, 0.25) is 11.8 Å². The quantitative estimate of drug-likeness (QED) is 0.557. The lowest BCUT2D eigenvalue weighted by Crippen LogP contribution is -2.63. The SMILES string of the molecule is CCOc1nc(N2CCC(C3NCC3(C)C)CC2)ncc1C(=O)Nc1cc(F)c2nc(C)cn2c1. The van der Waals surface area contributed by atoms with E-state index in [0.29, 0.717) is 41.3 Å². The molecule has 0 bridgehead atoms. The van der Waals surface area contributed by atoms with Gasteiger partial charge in [-0.25, -0.2) is 14.4 Å². The zero-order valence-electron chi connectivity index (χ0n) is 20.6. The number of amides is 1. The summed E-state index contributed by atoms with van der Waals surface area (Å²) in [7, 11) is 0. The Morgan fingerprint density at radius 2 is 2.06 bits per heavy atom. The molecule has 3 aromatic heterocycles. The Morgan fingerprint density at radius 3 is 2.71 bits per heavy atom. The van der Waals surface area contributed by atoms with Gasteiger partial charge in [-0.1, -0.05) is 13.8 Å². The number of imidazole rings is 1. The van der Waals surface area contributed by atoms with Gasteiger partial charge in [0, 0.05) is 50.3 Å². The highest BCUT2D eigenvalue weighted by Crippen LogP contribution is 2.38. The summed E-state index contributed by atoms with van der Waals surface area (Å²) in [5, 5.41) is 6.33. The average Bonchev–Trinajstić information content (AvgIpc) is 3.20. The summed E-state index contributed by atoms with van der Waals surface area (Å²) in [6.07, 6.45) is 6.94. The zero-order chi connectivity index (χ0) is 24.7. The number of rotatable bonds is 6. The van der Waals surface area contributed by atoms with Crippen LogP contribution >= 0.6 is 0 Å². The van der Waals surface area contributed by atoms with E-state index in [-0.39, 0.29) is 17.1 Å². The van der Waals surface area contributed by atoms with Gasteiger partial charge in [0.05, 0.1) is 18.0 Å². The molecule has 1 amide bonds. The predicted molar refractivity (Wildman–Crippen MR) is 132 cm³/mol. The predicted octanol–water partition coefficient (Wildman–Crippen LogP) is 3.44. The second-order valence-electron chi connectivity index (χ2n) is 10.1. The molecule has 35 heavy (non-hydrogen) atoms. The number of aromatic nitrogens is 4. The fourth-order valence-corrected chi connectivity index (χ4v) is 5.22. The average molecular weight is 482 g/mol. The van der Waals surface area contributed by atoms with Crippen molar-refractivity contribution < 1.29 is 13.9 Å². The third-order valence-corrected chi connectivity index (χ3v) is 7.06. The minimum Gasteiger partial charge on any atom is -0.477 e. The minimum atomic E-state index is -0.517. The van der Waals surface area contributed by atoms with Crippen LogP contribution in [0.5, 0.6) is 5.88 Å². The maximum Gasteiger partial charge on any atom is 0.262 e. The number of hydrogen-bond acceptors (Lipinski definition) is 7. The molecule has 2 saturated heterocycles. The number of carbonyl (C=O) groups excluding carboxylic acids is 1. The highest BCUT2D eigenvalue weighted by atomic mass is 19.1. The molecule has 0 spiro atoms. The Labute approximate surface area is 204 Å². The molecule has 0 aliphatic carbocycles. The molecule has 1 atom stereocenters. The van der Waals surface area contributed by atoms with Crippen LogP contribution in [0.15, 0.2) is 24.7 Å². The van der Waals surface area contributed by atoms with Gasteiger partial charge in [-0.2, -0.15) is 4.98 Å². The molecule has 5 rings (SSSR count). The second kappa shape index (κ2) is 9.07. The molecule has 2 aliphatic rings. The van der Waals surface area contributed by atoms with Crippen molar-refractivity contribution in [1.29, 1.82) is 0 Å². The molecular weight excluding hydrogens is 449 g/mol. The topological polar surface area (TPSA) is 96.7 Å². The van der Waals surface area contributed by atoms with Crippen LogP contribution in [-0.4, -0.2) is 57.5 Å². The zero-order valence-corrected chi connectivity index (χ0v) is 20.6. The van der Waals surface area contributed by atoms with Crippen molar-refractivity contribution in [2.45, 2.75) is 46.6 Å². The lowest BCUT2D eigenvalue weighted by molar-refractivity contribution is 0.0635. The molecule has 2 N–H and O–H groups in total. The smallest absolute Gasteiger partial charge is 0.262 e. The highest BCUT2D eigenvalue weighted by molar-refractivity contribution is 6.05. The molecule has 9 nitrogen and oxygen atoms in total. The van der Waals surface area contributed by atoms with Crippen LogP contribution < -0.4 is 20.3 Å². The molecule has 2 aliphatic heterocycles. The molecule has 0 aromatic carbocycles. The Hall–Kier alpha value is -3.27. The molecule has 0 saturated carbocycles. The number of piperidine rings is 1. The largest absolute Gasteiger partial charge is 0.477 e. The molecule has 10 heteroatoms. The summed E-state index contributed by atoms with van der Waals surface area (Å²) in [5.74, 6) is 0.442. The summed E-state index contributed by atoms with van der Waals surface area (Å²) in [6, 6.07) is 1.81. The van der Waals surface area contributed by atoms with E-state index < -0.39 is 11.7 Å². The summed E-state index contributed by atoms with van der Waals surface area (Å²) in [5.41, 5.74) is 1.76. The van der Waals surface area contributed by atoms with Crippen LogP contribution in [0.25, 0.3) is 5.65 Å². The number of hydrogen-bond donors (Lipinski definition) is 2. The second-order valence-corrected chi connectivity index (χ2v) is 10.1. The molecule has 0 radical (unpaired) electrons. The number of carbonyl (C=O) groups is 1. The van der Waals surface area contributed by atoms with E-state index in [1.165, 1.54) is 12.3 Å². The number of nitrogens with one attached hydrogen (secondary N) is 2. The van der Waals surface area contributed by atoms with Gasteiger partial charge in [0.1, 0.15) is 5.56 Å². The van der Waals surface area contributed by atoms with Crippen LogP contribution in [0.2, 0.25) is 0 Å². The molecule has 2 fully saturated rings. The van der Waals surface area contributed by atoms with E-state index in [0.717, 1.165) is 32.5 Å². The van der Waals surface area contributed by atoms with Gasteiger partial charge >= 0.3 is 0 Å². The first-order valence-corrected chi connectivity index (χ1v) is 12.2. The van der Waals surface area contributed by atoms with E-state index in [9.17, 15) is 9.18 Å². The summed E-state index contributed by atoms with van der Waals surface area (Å²) in [6.45, 7) is 11.4. The number of halogens is 1. The summed E-state index contributed by atoms with van der Waals surface area (Å²) in [4.78, 5) is 28.4. The van der Waals surface area contributed by atoms with Gasteiger partial charge in [0.15, 0.2) is 11.5 Å². The highest BCUT2D eigenvalue weighted by Gasteiger charge is 2.43. The van der Waals surface area contributed by atoms with Crippen LogP contribution in [0.3, 0.4) is 0 Å². The van der Waals surface area contributed by atoms with Gasteiger partial charge in [0.25, 0.3) is 5.91 Å². The van der Waals surface area contributed by atoms with E-state index in [1.807, 2.05) is 6.92 Å². The molecular formula is C25H32FN7O2. The number of anilines is 2. The standard InChI is InChI=1S/C25H32FN7O2/c1-5-35-23-18(22(34)30-17-10-19(26)21-29-15(2)12-33(21)13-17)11-27-24(31-23)32-8-6-16(7-9-32)20-25(3,4)14-28-20/h10-13,16,20,28H,5-9,14H2,1-4H3,(H,30,34). The minimum absolute atomic E-state index is 0.202. The molecule has 3 aromatic rings. The first kappa shape index (κ1) is 23.5. The van der Waals surface area contributed by atoms with E-state index >= 15 is 0 Å². The fraction of sp³-hybridized carbons (Fsp3) is 0.520. The number of fused-ring (bicyclic) bond motifs is 1.